The SMILES string of the molecule is CC(C)OCC12CCCC1(C)CC(F)C2. The largest absolute Gasteiger partial charge is 0.378 e. The lowest BCUT2D eigenvalue weighted by molar-refractivity contribution is -0.0291. The number of rotatable bonds is 3. The molecule has 2 saturated carbocycles. The van der Waals surface area contributed by atoms with Crippen molar-refractivity contribution >= 4 is 0 Å². The standard InChI is InChI=1S/C13H23FO/c1-10(2)15-9-13-6-4-5-12(13,3)7-11(14)8-13/h10-11H,4-9H2,1-3H3. The molecule has 1 nitrogen and oxygen atoms in total. The molecule has 0 bridgehead atoms. The first kappa shape index (κ1) is 11.4. The zero-order chi connectivity index (χ0) is 11.1. The van der Waals surface area contributed by atoms with Crippen molar-refractivity contribution in [3.05, 3.63) is 0 Å². The molecule has 2 fully saturated rings. The van der Waals surface area contributed by atoms with Crippen LogP contribution in [0.15, 0.2) is 0 Å². The zero-order valence-corrected chi connectivity index (χ0v) is 10.2. The summed E-state index contributed by atoms with van der Waals surface area (Å²) in [6.07, 6.45) is 4.77. The van der Waals surface area contributed by atoms with Gasteiger partial charge >= 0.3 is 0 Å². The summed E-state index contributed by atoms with van der Waals surface area (Å²) >= 11 is 0. The highest BCUT2D eigenvalue weighted by atomic mass is 19.1. The van der Waals surface area contributed by atoms with E-state index in [9.17, 15) is 4.39 Å². The maximum Gasteiger partial charge on any atom is 0.101 e. The van der Waals surface area contributed by atoms with Crippen LogP contribution in [0.3, 0.4) is 0 Å². The van der Waals surface area contributed by atoms with Crippen LogP contribution < -0.4 is 0 Å². The van der Waals surface area contributed by atoms with Crippen LogP contribution in [0.5, 0.6) is 0 Å². The van der Waals surface area contributed by atoms with Crippen LogP contribution in [0.25, 0.3) is 0 Å². The number of hydrogen-bond acceptors (Lipinski definition) is 1. The second-order valence-electron chi connectivity index (χ2n) is 6.06. The number of halogens is 1. The molecular weight excluding hydrogens is 191 g/mol. The first-order valence-electron chi connectivity index (χ1n) is 6.23. The van der Waals surface area contributed by atoms with Crippen LogP contribution >= 0.6 is 0 Å². The topological polar surface area (TPSA) is 9.23 Å². The molecular formula is C13H23FO. The fourth-order valence-corrected chi connectivity index (χ4v) is 3.67. The van der Waals surface area contributed by atoms with Crippen molar-refractivity contribution in [3.63, 3.8) is 0 Å². The second-order valence-corrected chi connectivity index (χ2v) is 6.06. The maximum atomic E-state index is 13.6. The zero-order valence-electron chi connectivity index (χ0n) is 10.2. The molecule has 0 aromatic heterocycles. The lowest BCUT2D eigenvalue weighted by atomic mass is 9.70. The van der Waals surface area contributed by atoms with Gasteiger partial charge in [0.1, 0.15) is 6.17 Å². The van der Waals surface area contributed by atoms with E-state index in [0.717, 1.165) is 25.9 Å². The van der Waals surface area contributed by atoms with Gasteiger partial charge in [0.25, 0.3) is 0 Å². The van der Waals surface area contributed by atoms with Crippen molar-refractivity contribution in [2.24, 2.45) is 10.8 Å². The van der Waals surface area contributed by atoms with E-state index >= 15 is 0 Å². The predicted octanol–water partition coefficient (Wildman–Crippen LogP) is 3.72. The van der Waals surface area contributed by atoms with Crippen molar-refractivity contribution in [2.45, 2.75) is 65.2 Å². The minimum absolute atomic E-state index is 0.149. The predicted molar refractivity (Wildman–Crippen MR) is 59.6 cm³/mol. The van der Waals surface area contributed by atoms with Crippen LogP contribution in [-0.2, 0) is 4.74 Å². The lowest BCUT2D eigenvalue weighted by Crippen LogP contribution is -2.35. The summed E-state index contributed by atoms with van der Waals surface area (Å²) in [5.74, 6) is 0. The average molecular weight is 214 g/mol. The van der Waals surface area contributed by atoms with Crippen molar-refractivity contribution in [1.82, 2.24) is 0 Å². The summed E-state index contributed by atoms with van der Waals surface area (Å²) in [6, 6.07) is 0. The summed E-state index contributed by atoms with van der Waals surface area (Å²) in [6.45, 7) is 7.15. The van der Waals surface area contributed by atoms with Gasteiger partial charge in [0, 0.05) is 5.41 Å². The smallest absolute Gasteiger partial charge is 0.101 e. The Balaban J connectivity index is 2.10. The molecule has 0 saturated heterocycles. The molecule has 2 heteroatoms. The number of ether oxygens (including phenoxy) is 1. The quantitative estimate of drug-likeness (QED) is 0.695. The lowest BCUT2D eigenvalue weighted by Gasteiger charge is -2.37. The number of alkyl halides is 1. The van der Waals surface area contributed by atoms with E-state index in [2.05, 4.69) is 20.8 Å². The first-order valence-corrected chi connectivity index (χ1v) is 6.23. The minimum Gasteiger partial charge on any atom is -0.378 e. The monoisotopic (exact) mass is 214 g/mol. The number of fused-ring (bicyclic) bond motifs is 1. The van der Waals surface area contributed by atoms with Gasteiger partial charge < -0.3 is 4.74 Å². The highest BCUT2D eigenvalue weighted by Gasteiger charge is 2.58. The molecule has 0 heterocycles. The molecule has 2 aliphatic carbocycles. The molecule has 3 unspecified atom stereocenters. The summed E-state index contributed by atoms with van der Waals surface area (Å²) in [4.78, 5) is 0. The highest BCUT2D eigenvalue weighted by Crippen LogP contribution is 2.63. The van der Waals surface area contributed by atoms with E-state index < -0.39 is 6.17 Å². The Bertz CT molecular complexity index is 241. The molecule has 88 valence electrons. The Morgan fingerprint density at radius 3 is 2.73 bits per heavy atom. The highest BCUT2D eigenvalue weighted by molar-refractivity contribution is 5.07. The van der Waals surface area contributed by atoms with Gasteiger partial charge in [-0.05, 0) is 44.9 Å². The molecule has 0 spiro atoms. The van der Waals surface area contributed by atoms with Crippen LogP contribution in [0.4, 0.5) is 4.39 Å². The molecule has 15 heavy (non-hydrogen) atoms. The van der Waals surface area contributed by atoms with Gasteiger partial charge in [-0.2, -0.15) is 0 Å². The van der Waals surface area contributed by atoms with E-state index in [-0.39, 0.29) is 16.9 Å². The van der Waals surface area contributed by atoms with Crippen LogP contribution in [0, 0.1) is 10.8 Å². The Labute approximate surface area is 92.4 Å². The van der Waals surface area contributed by atoms with Gasteiger partial charge in [0.05, 0.1) is 12.7 Å². The summed E-state index contributed by atoms with van der Waals surface area (Å²) in [5, 5.41) is 0. The summed E-state index contributed by atoms with van der Waals surface area (Å²) in [5.41, 5.74) is 0.359. The van der Waals surface area contributed by atoms with Crippen LogP contribution in [-0.4, -0.2) is 18.9 Å². The fourth-order valence-electron chi connectivity index (χ4n) is 3.67. The summed E-state index contributed by atoms with van der Waals surface area (Å²) in [7, 11) is 0. The van der Waals surface area contributed by atoms with E-state index in [1.165, 1.54) is 12.8 Å². The maximum absolute atomic E-state index is 13.6. The fraction of sp³-hybridized carbons (Fsp3) is 1.00. The molecule has 0 N–H and O–H groups in total. The van der Waals surface area contributed by atoms with Crippen molar-refractivity contribution < 1.29 is 9.13 Å². The summed E-state index contributed by atoms with van der Waals surface area (Å²) < 4.78 is 19.4. The normalized spacial score (nSPS) is 45.0. The Kier molecular flexibility index (Phi) is 2.83. The van der Waals surface area contributed by atoms with Gasteiger partial charge in [-0.15, -0.1) is 0 Å². The van der Waals surface area contributed by atoms with E-state index in [1.807, 2.05) is 0 Å². The molecule has 2 rings (SSSR count). The van der Waals surface area contributed by atoms with Gasteiger partial charge in [0.15, 0.2) is 0 Å². The molecule has 0 aliphatic heterocycles. The van der Waals surface area contributed by atoms with Crippen molar-refractivity contribution in [3.8, 4) is 0 Å². The van der Waals surface area contributed by atoms with Crippen LogP contribution in [0.1, 0.15) is 52.9 Å². The molecule has 2 aliphatic rings. The molecule has 3 atom stereocenters. The van der Waals surface area contributed by atoms with E-state index in [0.29, 0.717) is 0 Å². The third-order valence-electron chi connectivity index (χ3n) is 4.64. The van der Waals surface area contributed by atoms with Crippen molar-refractivity contribution in [2.75, 3.05) is 6.61 Å². The molecule has 0 aromatic carbocycles. The van der Waals surface area contributed by atoms with Crippen molar-refractivity contribution in [1.29, 1.82) is 0 Å². The third kappa shape index (κ3) is 1.82. The Morgan fingerprint density at radius 1 is 1.33 bits per heavy atom. The third-order valence-corrected chi connectivity index (χ3v) is 4.64. The van der Waals surface area contributed by atoms with Crippen LogP contribution in [0.2, 0.25) is 0 Å². The Morgan fingerprint density at radius 2 is 2.07 bits per heavy atom. The minimum atomic E-state index is -0.592. The van der Waals surface area contributed by atoms with Gasteiger partial charge in [0.2, 0.25) is 0 Å². The Hall–Kier alpha value is -0.110. The molecule has 0 aromatic rings. The second kappa shape index (κ2) is 3.73. The van der Waals surface area contributed by atoms with Gasteiger partial charge in [-0.1, -0.05) is 13.3 Å². The van der Waals surface area contributed by atoms with Gasteiger partial charge in [-0.25, -0.2) is 4.39 Å². The van der Waals surface area contributed by atoms with Gasteiger partial charge in [-0.3, -0.25) is 0 Å². The molecule has 0 amide bonds. The first-order chi connectivity index (χ1) is 6.97. The van der Waals surface area contributed by atoms with E-state index in [4.69, 9.17) is 4.74 Å². The van der Waals surface area contributed by atoms with E-state index in [1.54, 1.807) is 0 Å². The average Bonchev–Trinajstić information content (AvgIpc) is 2.51. The number of hydrogen-bond donors (Lipinski definition) is 0. The molecule has 0 radical (unpaired) electrons.